The Morgan fingerprint density at radius 2 is 1.81 bits per heavy atom. The molecule has 0 spiro atoms. The second kappa shape index (κ2) is 6.90. The van der Waals surface area contributed by atoms with Gasteiger partial charge in [0, 0.05) is 13.6 Å². The molecule has 0 saturated heterocycles. The number of rotatable bonds is 5. The topological polar surface area (TPSA) is 66.6 Å². The van der Waals surface area contributed by atoms with Crippen LogP contribution in [0.15, 0.2) is 54.6 Å². The number of nitrogens with two attached hydrogens (primary N) is 1. The van der Waals surface area contributed by atoms with Crippen molar-refractivity contribution in [3.63, 3.8) is 0 Å². The van der Waals surface area contributed by atoms with Gasteiger partial charge < -0.3 is 15.7 Å². The number of amides is 1. The zero-order valence-electron chi connectivity index (χ0n) is 12.1. The molecule has 4 heteroatoms. The van der Waals surface area contributed by atoms with E-state index in [1.165, 1.54) is 0 Å². The number of carbonyl (C=O) groups is 1. The van der Waals surface area contributed by atoms with Gasteiger partial charge in [-0.1, -0.05) is 42.5 Å². The Bertz CT molecular complexity index is 599. The number of aromatic hydroxyl groups is 1. The predicted molar refractivity (Wildman–Crippen MR) is 82.7 cm³/mol. The fourth-order valence-electron chi connectivity index (χ4n) is 2.25. The lowest BCUT2D eigenvalue weighted by molar-refractivity contribution is -0.131. The summed E-state index contributed by atoms with van der Waals surface area (Å²) < 4.78 is 0. The largest absolute Gasteiger partial charge is 0.508 e. The van der Waals surface area contributed by atoms with E-state index in [-0.39, 0.29) is 11.7 Å². The molecule has 0 bridgehead atoms. The number of likely N-dealkylation sites (N-methyl/N-ethyl adjacent to an activating group) is 1. The Morgan fingerprint density at radius 1 is 1.14 bits per heavy atom. The van der Waals surface area contributed by atoms with E-state index < -0.39 is 6.04 Å². The highest BCUT2D eigenvalue weighted by Crippen LogP contribution is 2.13. The van der Waals surface area contributed by atoms with Crippen LogP contribution in [0.25, 0.3) is 0 Å². The van der Waals surface area contributed by atoms with Crippen LogP contribution < -0.4 is 5.73 Å². The first-order valence-electron chi connectivity index (χ1n) is 6.88. The smallest absolute Gasteiger partial charge is 0.239 e. The molecular formula is C17H20N2O2. The van der Waals surface area contributed by atoms with E-state index in [2.05, 4.69) is 0 Å². The molecule has 1 atom stereocenters. The Balaban J connectivity index is 1.95. The summed E-state index contributed by atoms with van der Waals surface area (Å²) in [6, 6.07) is 16.0. The Kier molecular flexibility index (Phi) is 4.95. The second-order valence-corrected chi connectivity index (χ2v) is 5.16. The molecule has 0 aliphatic rings. The van der Waals surface area contributed by atoms with Gasteiger partial charge in [0.2, 0.25) is 5.91 Å². The first-order valence-corrected chi connectivity index (χ1v) is 6.88. The predicted octanol–water partition coefficient (Wildman–Crippen LogP) is 1.92. The van der Waals surface area contributed by atoms with E-state index in [0.717, 1.165) is 11.1 Å². The molecule has 0 radical (unpaired) electrons. The number of benzene rings is 2. The third kappa shape index (κ3) is 4.33. The Hall–Kier alpha value is -2.33. The zero-order chi connectivity index (χ0) is 15.2. The van der Waals surface area contributed by atoms with Gasteiger partial charge in [0.05, 0.1) is 6.04 Å². The average Bonchev–Trinajstić information content (AvgIpc) is 2.47. The van der Waals surface area contributed by atoms with Crippen LogP contribution in [-0.4, -0.2) is 29.0 Å². The summed E-state index contributed by atoms with van der Waals surface area (Å²) in [4.78, 5) is 13.9. The van der Waals surface area contributed by atoms with Crippen LogP contribution in [0.3, 0.4) is 0 Å². The van der Waals surface area contributed by atoms with E-state index in [1.54, 1.807) is 30.1 Å². The van der Waals surface area contributed by atoms with Crippen LogP contribution in [0.5, 0.6) is 5.75 Å². The van der Waals surface area contributed by atoms with Gasteiger partial charge in [-0.2, -0.15) is 0 Å². The monoisotopic (exact) mass is 284 g/mol. The van der Waals surface area contributed by atoms with Gasteiger partial charge in [0.25, 0.3) is 0 Å². The molecule has 110 valence electrons. The molecule has 2 rings (SSSR count). The molecular weight excluding hydrogens is 264 g/mol. The summed E-state index contributed by atoms with van der Waals surface area (Å²) in [5.74, 6) is 0.0872. The highest BCUT2D eigenvalue weighted by Gasteiger charge is 2.18. The summed E-state index contributed by atoms with van der Waals surface area (Å²) in [5, 5.41) is 9.44. The third-order valence-electron chi connectivity index (χ3n) is 3.32. The number of hydrogen-bond donors (Lipinski definition) is 2. The van der Waals surface area contributed by atoms with Crippen LogP contribution >= 0.6 is 0 Å². The van der Waals surface area contributed by atoms with Gasteiger partial charge in [-0.15, -0.1) is 0 Å². The molecule has 4 nitrogen and oxygen atoms in total. The Labute approximate surface area is 124 Å². The summed E-state index contributed by atoms with van der Waals surface area (Å²) in [6.45, 7) is 0.426. The second-order valence-electron chi connectivity index (χ2n) is 5.16. The number of phenols is 1. The maximum absolute atomic E-state index is 12.3. The quantitative estimate of drug-likeness (QED) is 0.881. The minimum atomic E-state index is -0.560. The highest BCUT2D eigenvalue weighted by molar-refractivity contribution is 5.81. The van der Waals surface area contributed by atoms with Crippen molar-refractivity contribution in [2.45, 2.75) is 19.0 Å². The van der Waals surface area contributed by atoms with Gasteiger partial charge in [-0.3, -0.25) is 4.79 Å². The summed E-state index contributed by atoms with van der Waals surface area (Å²) >= 11 is 0. The standard InChI is InChI=1S/C17H20N2O2/c1-19(12-14-8-5-9-15(20)10-14)17(21)16(18)11-13-6-3-2-4-7-13/h2-10,16,20H,11-12,18H2,1H3. The summed E-state index contributed by atoms with van der Waals surface area (Å²) in [5.41, 5.74) is 7.91. The molecule has 0 heterocycles. The number of nitrogens with zero attached hydrogens (tertiary/aromatic N) is 1. The fourth-order valence-corrected chi connectivity index (χ4v) is 2.25. The molecule has 0 aliphatic carbocycles. The zero-order valence-corrected chi connectivity index (χ0v) is 12.1. The minimum Gasteiger partial charge on any atom is -0.508 e. The molecule has 3 N–H and O–H groups in total. The molecule has 2 aromatic carbocycles. The Morgan fingerprint density at radius 3 is 2.48 bits per heavy atom. The van der Waals surface area contributed by atoms with Crippen molar-refractivity contribution >= 4 is 5.91 Å². The van der Waals surface area contributed by atoms with Crippen molar-refractivity contribution in [3.05, 3.63) is 65.7 Å². The van der Waals surface area contributed by atoms with Crippen LogP contribution in [0.1, 0.15) is 11.1 Å². The van der Waals surface area contributed by atoms with Crippen molar-refractivity contribution in [3.8, 4) is 5.75 Å². The van der Waals surface area contributed by atoms with E-state index in [9.17, 15) is 9.90 Å². The summed E-state index contributed by atoms with van der Waals surface area (Å²) in [6.07, 6.45) is 0.518. The van der Waals surface area contributed by atoms with Crippen molar-refractivity contribution in [2.24, 2.45) is 5.73 Å². The van der Waals surface area contributed by atoms with Crippen molar-refractivity contribution < 1.29 is 9.90 Å². The van der Waals surface area contributed by atoms with E-state index in [4.69, 9.17) is 5.73 Å². The van der Waals surface area contributed by atoms with Crippen molar-refractivity contribution in [2.75, 3.05) is 7.05 Å². The van der Waals surface area contributed by atoms with Crippen LogP contribution in [0, 0.1) is 0 Å². The first-order chi connectivity index (χ1) is 10.1. The molecule has 0 aliphatic heterocycles. The van der Waals surface area contributed by atoms with Gasteiger partial charge in [0.15, 0.2) is 0 Å². The van der Waals surface area contributed by atoms with E-state index >= 15 is 0 Å². The molecule has 0 saturated carbocycles. The molecule has 1 amide bonds. The van der Waals surface area contributed by atoms with Crippen LogP contribution in [0.4, 0.5) is 0 Å². The highest BCUT2D eigenvalue weighted by atomic mass is 16.3. The van der Waals surface area contributed by atoms with Gasteiger partial charge in [-0.25, -0.2) is 0 Å². The molecule has 0 fully saturated rings. The van der Waals surface area contributed by atoms with Crippen LogP contribution in [0.2, 0.25) is 0 Å². The molecule has 0 aromatic heterocycles. The number of carbonyl (C=O) groups excluding carboxylic acids is 1. The SMILES string of the molecule is CN(Cc1cccc(O)c1)C(=O)C(N)Cc1ccccc1. The molecule has 1 unspecified atom stereocenters. The fraction of sp³-hybridized carbons (Fsp3) is 0.235. The van der Waals surface area contributed by atoms with Crippen molar-refractivity contribution in [1.82, 2.24) is 4.90 Å². The van der Waals surface area contributed by atoms with Gasteiger partial charge in [-0.05, 0) is 29.7 Å². The van der Waals surface area contributed by atoms with Crippen molar-refractivity contribution in [1.29, 1.82) is 0 Å². The minimum absolute atomic E-state index is 0.109. The summed E-state index contributed by atoms with van der Waals surface area (Å²) in [7, 11) is 1.72. The van der Waals surface area contributed by atoms with E-state index in [0.29, 0.717) is 13.0 Å². The lowest BCUT2D eigenvalue weighted by Gasteiger charge is -2.21. The maximum Gasteiger partial charge on any atom is 0.239 e. The van der Waals surface area contributed by atoms with Crippen LogP contribution in [-0.2, 0) is 17.8 Å². The normalized spacial score (nSPS) is 11.9. The van der Waals surface area contributed by atoms with E-state index in [1.807, 2.05) is 36.4 Å². The molecule has 21 heavy (non-hydrogen) atoms. The number of phenolic OH excluding ortho intramolecular Hbond substituents is 1. The maximum atomic E-state index is 12.3. The van der Waals surface area contributed by atoms with Gasteiger partial charge in [0.1, 0.15) is 5.75 Å². The molecule has 2 aromatic rings. The lowest BCUT2D eigenvalue weighted by atomic mass is 10.1. The van der Waals surface area contributed by atoms with Gasteiger partial charge >= 0.3 is 0 Å². The average molecular weight is 284 g/mol. The number of hydrogen-bond acceptors (Lipinski definition) is 3. The first kappa shape index (κ1) is 15.1. The third-order valence-corrected chi connectivity index (χ3v) is 3.32. The lowest BCUT2D eigenvalue weighted by Crippen LogP contribution is -2.42.